The Kier molecular flexibility index (Phi) is 3.34. The molecule has 0 aromatic heterocycles. The largest absolute Gasteiger partial charge is 0.481 e. The molecule has 1 atom stereocenters. The summed E-state index contributed by atoms with van der Waals surface area (Å²) in [5.74, 6) is -4.27. The molecular weight excluding hydrogens is 240 g/mol. The molecule has 2 N–H and O–H groups in total. The van der Waals surface area contributed by atoms with Crippen LogP contribution >= 0.6 is 0 Å². The van der Waals surface area contributed by atoms with Crippen LogP contribution in [0, 0.1) is 5.41 Å². The van der Waals surface area contributed by atoms with E-state index in [1.54, 1.807) is 6.07 Å². The number of hydrogen-bond acceptors (Lipinski definition) is 2. The van der Waals surface area contributed by atoms with Crippen molar-refractivity contribution < 1.29 is 18.7 Å². The summed E-state index contributed by atoms with van der Waals surface area (Å²) >= 11 is 0. The molecule has 1 heterocycles. The highest BCUT2D eigenvalue weighted by molar-refractivity contribution is 5.75. The van der Waals surface area contributed by atoms with E-state index < -0.39 is 23.7 Å². The minimum atomic E-state index is -3.12. The SMILES string of the molecule is O=C(O)C1(CC(F)(F)c2ccccc2)CCNC1. The monoisotopic (exact) mass is 255 g/mol. The molecule has 0 saturated carbocycles. The average Bonchev–Trinajstić information content (AvgIpc) is 2.79. The molecule has 0 aliphatic carbocycles. The zero-order valence-corrected chi connectivity index (χ0v) is 9.83. The van der Waals surface area contributed by atoms with Gasteiger partial charge >= 0.3 is 5.97 Å². The normalized spacial score (nSPS) is 24.1. The minimum absolute atomic E-state index is 0.102. The van der Waals surface area contributed by atoms with Crippen molar-refractivity contribution in [3.63, 3.8) is 0 Å². The van der Waals surface area contributed by atoms with Crippen LogP contribution in [-0.4, -0.2) is 24.2 Å². The molecule has 1 fully saturated rings. The molecule has 0 amide bonds. The van der Waals surface area contributed by atoms with E-state index in [2.05, 4.69) is 5.32 Å². The third-order valence-corrected chi connectivity index (χ3v) is 3.45. The number of nitrogens with one attached hydrogen (secondary N) is 1. The maximum absolute atomic E-state index is 14.1. The highest BCUT2D eigenvalue weighted by Gasteiger charge is 2.49. The van der Waals surface area contributed by atoms with Crippen LogP contribution in [0.4, 0.5) is 8.78 Å². The second kappa shape index (κ2) is 4.65. The Balaban J connectivity index is 2.24. The van der Waals surface area contributed by atoms with Gasteiger partial charge in [-0.2, -0.15) is 0 Å². The quantitative estimate of drug-likeness (QED) is 0.867. The Bertz CT molecular complexity index is 428. The third-order valence-electron chi connectivity index (χ3n) is 3.45. The van der Waals surface area contributed by atoms with Crippen LogP contribution < -0.4 is 5.32 Å². The Hall–Kier alpha value is -1.49. The fraction of sp³-hybridized carbons (Fsp3) is 0.462. The molecule has 0 radical (unpaired) electrons. The summed E-state index contributed by atoms with van der Waals surface area (Å²) < 4.78 is 28.2. The second-order valence-electron chi connectivity index (χ2n) is 4.76. The van der Waals surface area contributed by atoms with Gasteiger partial charge in [0.05, 0.1) is 5.41 Å². The lowest BCUT2D eigenvalue weighted by Gasteiger charge is -2.28. The molecule has 1 aromatic rings. The van der Waals surface area contributed by atoms with Gasteiger partial charge in [-0.25, -0.2) is 8.78 Å². The summed E-state index contributed by atoms with van der Waals surface area (Å²) in [6.45, 7) is 0.571. The van der Waals surface area contributed by atoms with E-state index in [4.69, 9.17) is 0 Å². The fourth-order valence-corrected chi connectivity index (χ4v) is 2.36. The van der Waals surface area contributed by atoms with Crippen molar-refractivity contribution in [2.45, 2.75) is 18.8 Å². The number of alkyl halides is 2. The standard InChI is InChI=1S/C13H15F2NO2/c14-13(15,10-4-2-1-3-5-10)8-12(11(17)18)6-7-16-9-12/h1-5,16H,6-9H2,(H,17,18). The number of carboxylic acid groups (broad SMARTS) is 1. The van der Waals surface area contributed by atoms with Crippen molar-refractivity contribution in [2.24, 2.45) is 5.41 Å². The lowest BCUT2D eigenvalue weighted by molar-refractivity contribution is -0.154. The van der Waals surface area contributed by atoms with Crippen molar-refractivity contribution in [3.05, 3.63) is 35.9 Å². The van der Waals surface area contributed by atoms with Crippen molar-refractivity contribution >= 4 is 5.97 Å². The van der Waals surface area contributed by atoms with Gasteiger partial charge in [0.15, 0.2) is 0 Å². The first kappa shape index (κ1) is 13.0. The lowest BCUT2D eigenvalue weighted by atomic mass is 9.79. The molecule has 0 bridgehead atoms. The second-order valence-corrected chi connectivity index (χ2v) is 4.76. The molecule has 1 aliphatic rings. The van der Waals surface area contributed by atoms with Gasteiger partial charge in [0.2, 0.25) is 0 Å². The number of halogens is 2. The molecule has 5 heteroatoms. The molecule has 18 heavy (non-hydrogen) atoms. The maximum Gasteiger partial charge on any atom is 0.311 e. The Labute approximate surface area is 104 Å². The average molecular weight is 255 g/mol. The Morgan fingerprint density at radius 1 is 1.39 bits per heavy atom. The van der Waals surface area contributed by atoms with Crippen LogP contribution in [-0.2, 0) is 10.7 Å². The topological polar surface area (TPSA) is 49.3 Å². The van der Waals surface area contributed by atoms with E-state index in [0.29, 0.717) is 6.54 Å². The predicted octanol–water partition coefficient (Wildman–Crippen LogP) is 2.23. The Morgan fingerprint density at radius 2 is 2.06 bits per heavy atom. The van der Waals surface area contributed by atoms with Gasteiger partial charge in [0.25, 0.3) is 5.92 Å². The summed E-state index contributed by atoms with van der Waals surface area (Å²) in [4.78, 5) is 11.3. The van der Waals surface area contributed by atoms with E-state index in [1.807, 2.05) is 0 Å². The minimum Gasteiger partial charge on any atom is -0.481 e. The molecule has 1 saturated heterocycles. The summed E-state index contributed by atoms with van der Waals surface area (Å²) in [6, 6.07) is 7.38. The van der Waals surface area contributed by atoms with Crippen molar-refractivity contribution in [1.29, 1.82) is 0 Å². The van der Waals surface area contributed by atoms with E-state index >= 15 is 0 Å². The molecule has 1 aromatic carbocycles. The van der Waals surface area contributed by atoms with Crippen LogP contribution in [0.25, 0.3) is 0 Å². The number of rotatable bonds is 4. The Morgan fingerprint density at radius 3 is 2.56 bits per heavy atom. The van der Waals surface area contributed by atoms with Gasteiger partial charge in [-0.1, -0.05) is 30.3 Å². The molecule has 2 rings (SSSR count). The fourth-order valence-electron chi connectivity index (χ4n) is 2.36. The van der Waals surface area contributed by atoms with Gasteiger partial charge in [0.1, 0.15) is 0 Å². The highest BCUT2D eigenvalue weighted by Crippen LogP contribution is 2.43. The van der Waals surface area contributed by atoms with E-state index in [1.165, 1.54) is 24.3 Å². The van der Waals surface area contributed by atoms with E-state index in [9.17, 15) is 18.7 Å². The first-order chi connectivity index (χ1) is 8.46. The van der Waals surface area contributed by atoms with Gasteiger partial charge < -0.3 is 10.4 Å². The summed E-state index contributed by atoms with van der Waals surface area (Å²) in [5.41, 5.74) is -1.49. The first-order valence-corrected chi connectivity index (χ1v) is 5.84. The molecular formula is C13H15F2NO2. The molecule has 0 spiro atoms. The van der Waals surface area contributed by atoms with E-state index in [-0.39, 0.29) is 18.5 Å². The predicted molar refractivity (Wildman–Crippen MR) is 62.5 cm³/mol. The maximum atomic E-state index is 14.1. The number of carbonyl (C=O) groups is 1. The van der Waals surface area contributed by atoms with Crippen molar-refractivity contribution in [1.82, 2.24) is 5.32 Å². The highest BCUT2D eigenvalue weighted by atomic mass is 19.3. The van der Waals surface area contributed by atoms with E-state index in [0.717, 1.165) is 0 Å². The summed E-state index contributed by atoms with van der Waals surface area (Å²) in [7, 11) is 0. The molecule has 1 unspecified atom stereocenters. The van der Waals surface area contributed by atoms with Gasteiger partial charge in [-0.3, -0.25) is 4.79 Å². The molecule has 1 aliphatic heterocycles. The first-order valence-electron chi connectivity index (χ1n) is 5.84. The summed E-state index contributed by atoms with van der Waals surface area (Å²) in [6.07, 6.45) is -0.420. The van der Waals surface area contributed by atoms with Crippen molar-refractivity contribution in [3.8, 4) is 0 Å². The van der Waals surface area contributed by atoms with Crippen LogP contribution in [0.1, 0.15) is 18.4 Å². The molecule has 98 valence electrons. The summed E-state index contributed by atoms with van der Waals surface area (Å²) in [5, 5.41) is 12.1. The van der Waals surface area contributed by atoms with Crippen LogP contribution in [0.15, 0.2) is 30.3 Å². The third kappa shape index (κ3) is 2.36. The molecule has 3 nitrogen and oxygen atoms in total. The van der Waals surface area contributed by atoms with Crippen molar-refractivity contribution in [2.75, 3.05) is 13.1 Å². The zero-order valence-electron chi connectivity index (χ0n) is 9.83. The number of carboxylic acids is 1. The van der Waals surface area contributed by atoms with Gasteiger partial charge in [-0.05, 0) is 13.0 Å². The number of aliphatic carboxylic acids is 1. The lowest BCUT2D eigenvalue weighted by Crippen LogP contribution is -2.38. The number of benzene rings is 1. The van der Waals surface area contributed by atoms with Gasteiger partial charge in [-0.15, -0.1) is 0 Å². The van der Waals surface area contributed by atoms with Crippen LogP contribution in [0.5, 0.6) is 0 Å². The smallest absolute Gasteiger partial charge is 0.311 e. The van der Waals surface area contributed by atoms with Crippen LogP contribution in [0.2, 0.25) is 0 Å². The van der Waals surface area contributed by atoms with Gasteiger partial charge in [0, 0.05) is 18.5 Å². The van der Waals surface area contributed by atoms with Crippen LogP contribution in [0.3, 0.4) is 0 Å². The number of hydrogen-bond donors (Lipinski definition) is 2. The zero-order chi connectivity index (χ0) is 13.2.